The molecule has 1 aromatic heterocycles. The summed E-state index contributed by atoms with van der Waals surface area (Å²) in [6, 6.07) is 1.42. The number of rotatable bonds is 4. The highest BCUT2D eigenvalue weighted by molar-refractivity contribution is 5.86. The summed E-state index contributed by atoms with van der Waals surface area (Å²) in [7, 11) is 0. The van der Waals surface area contributed by atoms with Gasteiger partial charge in [0.1, 0.15) is 5.82 Å². The van der Waals surface area contributed by atoms with Gasteiger partial charge in [0.15, 0.2) is 5.69 Å². The zero-order valence-corrected chi connectivity index (χ0v) is 8.77. The summed E-state index contributed by atoms with van der Waals surface area (Å²) in [5, 5.41) is 8.80. The van der Waals surface area contributed by atoms with Crippen LogP contribution in [0.5, 0.6) is 0 Å². The normalized spacial score (nSPS) is 10.0. The minimum Gasteiger partial charge on any atom is -0.477 e. The number of carbonyl (C=O) groups is 1. The molecule has 0 aliphatic carbocycles. The number of nitrogens with two attached hydrogens (primary N) is 1. The quantitative estimate of drug-likeness (QED) is 0.756. The van der Waals surface area contributed by atoms with E-state index >= 15 is 0 Å². The Morgan fingerprint density at radius 2 is 2.07 bits per heavy atom. The monoisotopic (exact) mass is 210 g/mol. The lowest BCUT2D eigenvalue weighted by molar-refractivity contribution is 0.0690. The molecule has 1 aromatic rings. The highest BCUT2D eigenvalue weighted by Gasteiger charge is 2.11. The van der Waals surface area contributed by atoms with Crippen LogP contribution >= 0.6 is 0 Å². The number of anilines is 2. The fraction of sp³-hybridized carbons (Fsp3) is 0.444. The van der Waals surface area contributed by atoms with Gasteiger partial charge in [-0.05, 0) is 13.8 Å². The maximum Gasteiger partial charge on any atom is 0.354 e. The Balaban J connectivity index is 3.13. The third kappa shape index (κ3) is 2.55. The Morgan fingerprint density at radius 3 is 2.53 bits per heavy atom. The SMILES string of the molecule is CCN(CC)c1cc(C(=O)O)nc(N)n1. The lowest BCUT2D eigenvalue weighted by Crippen LogP contribution is -2.24. The molecule has 0 fully saturated rings. The number of nitrogens with zero attached hydrogens (tertiary/aromatic N) is 3. The van der Waals surface area contributed by atoms with Gasteiger partial charge in [-0.2, -0.15) is 4.98 Å². The third-order valence-electron chi connectivity index (χ3n) is 2.04. The number of carboxylic acids is 1. The molecule has 0 saturated heterocycles. The predicted octanol–water partition coefficient (Wildman–Crippen LogP) is 0.603. The molecule has 15 heavy (non-hydrogen) atoms. The topological polar surface area (TPSA) is 92.3 Å². The van der Waals surface area contributed by atoms with E-state index in [4.69, 9.17) is 10.8 Å². The molecule has 0 atom stereocenters. The van der Waals surface area contributed by atoms with Crippen molar-refractivity contribution in [3.63, 3.8) is 0 Å². The maximum absolute atomic E-state index is 10.7. The van der Waals surface area contributed by atoms with E-state index in [1.807, 2.05) is 18.7 Å². The van der Waals surface area contributed by atoms with Crippen LogP contribution in [-0.2, 0) is 0 Å². The van der Waals surface area contributed by atoms with Crippen LogP contribution in [-0.4, -0.2) is 34.1 Å². The van der Waals surface area contributed by atoms with Crippen LogP contribution in [0, 0.1) is 0 Å². The Labute approximate surface area is 87.8 Å². The van der Waals surface area contributed by atoms with Gasteiger partial charge in [-0.15, -0.1) is 0 Å². The van der Waals surface area contributed by atoms with Crippen molar-refractivity contribution in [2.75, 3.05) is 23.7 Å². The van der Waals surface area contributed by atoms with Gasteiger partial charge in [-0.1, -0.05) is 0 Å². The average molecular weight is 210 g/mol. The van der Waals surface area contributed by atoms with Gasteiger partial charge >= 0.3 is 5.97 Å². The molecule has 0 amide bonds. The first kappa shape index (κ1) is 11.2. The van der Waals surface area contributed by atoms with E-state index < -0.39 is 5.97 Å². The van der Waals surface area contributed by atoms with Gasteiger partial charge in [0.05, 0.1) is 0 Å². The Kier molecular flexibility index (Phi) is 3.43. The predicted molar refractivity (Wildman–Crippen MR) is 57.0 cm³/mol. The summed E-state index contributed by atoms with van der Waals surface area (Å²) in [6.45, 7) is 5.41. The van der Waals surface area contributed by atoms with Crippen molar-refractivity contribution >= 4 is 17.7 Å². The van der Waals surface area contributed by atoms with E-state index in [9.17, 15) is 4.79 Å². The van der Waals surface area contributed by atoms with Crippen molar-refractivity contribution in [3.05, 3.63) is 11.8 Å². The fourth-order valence-corrected chi connectivity index (χ4v) is 1.27. The number of carboxylic acid groups (broad SMARTS) is 1. The molecule has 0 saturated carbocycles. The Morgan fingerprint density at radius 1 is 1.47 bits per heavy atom. The van der Waals surface area contributed by atoms with Crippen molar-refractivity contribution in [1.29, 1.82) is 0 Å². The lowest BCUT2D eigenvalue weighted by atomic mass is 10.3. The van der Waals surface area contributed by atoms with E-state index in [1.165, 1.54) is 6.07 Å². The second-order valence-electron chi connectivity index (χ2n) is 2.95. The summed E-state index contributed by atoms with van der Waals surface area (Å²) in [4.78, 5) is 20.3. The summed E-state index contributed by atoms with van der Waals surface area (Å²) >= 11 is 0. The summed E-state index contributed by atoms with van der Waals surface area (Å²) < 4.78 is 0. The molecule has 0 aromatic carbocycles. The number of aromatic nitrogens is 2. The second-order valence-corrected chi connectivity index (χ2v) is 2.95. The third-order valence-corrected chi connectivity index (χ3v) is 2.04. The molecule has 0 aliphatic heterocycles. The number of nitrogen functional groups attached to an aromatic ring is 1. The van der Waals surface area contributed by atoms with Crippen LogP contribution < -0.4 is 10.6 Å². The van der Waals surface area contributed by atoms with Crippen LogP contribution in [0.25, 0.3) is 0 Å². The van der Waals surface area contributed by atoms with E-state index in [0.29, 0.717) is 5.82 Å². The molecule has 0 unspecified atom stereocenters. The van der Waals surface area contributed by atoms with Gasteiger partial charge in [0.25, 0.3) is 0 Å². The van der Waals surface area contributed by atoms with Gasteiger partial charge in [0.2, 0.25) is 5.95 Å². The van der Waals surface area contributed by atoms with Crippen molar-refractivity contribution in [1.82, 2.24) is 9.97 Å². The number of aromatic carboxylic acids is 1. The molecular weight excluding hydrogens is 196 g/mol. The molecular formula is C9H14N4O2. The molecule has 1 rings (SSSR count). The van der Waals surface area contributed by atoms with Crippen molar-refractivity contribution in [3.8, 4) is 0 Å². The minimum atomic E-state index is -1.10. The van der Waals surface area contributed by atoms with Crippen LogP contribution in [0.2, 0.25) is 0 Å². The zero-order chi connectivity index (χ0) is 11.4. The van der Waals surface area contributed by atoms with Crippen molar-refractivity contribution in [2.24, 2.45) is 0 Å². The highest BCUT2D eigenvalue weighted by atomic mass is 16.4. The lowest BCUT2D eigenvalue weighted by Gasteiger charge is -2.19. The average Bonchev–Trinajstić information content (AvgIpc) is 2.18. The smallest absolute Gasteiger partial charge is 0.354 e. The molecule has 0 aliphatic rings. The Bertz CT molecular complexity index is 363. The fourth-order valence-electron chi connectivity index (χ4n) is 1.27. The van der Waals surface area contributed by atoms with Gasteiger partial charge in [0, 0.05) is 19.2 Å². The molecule has 0 bridgehead atoms. The van der Waals surface area contributed by atoms with E-state index in [2.05, 4.69) is 9.97 Å². The maximum atomic E-state index is 10.7. The summed E-state index contributed by atoms with van der Waals surface area (Å²) in [6.07, 6.45) is 0. The standard InChI is InChI=1S/C9H14N4O2/c1-3-13(4-2)7-5-6(8(14)15)11-9(10)12-7/h5H,3-4H2,1-2H3,(H,14,15)(H2,10,11,12). The van der Waals surface area contributed by atoms with E-state index in [0.717, 1.165) is 13.1 Å². The summed E-state index contributed by atoms with van der Waals surface area (Å²) in [5.41, 5.74) is 5.35. The molecule has 3 N–H and O–H groups in total. The van der Waals surface area contributed by atoms with Crippen LogP contribution in [0.3, 0.4) is 0 Å². The van der Waals surface area contributed by atoms with Crippen molar-refractivity contribution < 1.29 is 9.90 Å². The van der Waals surface area contributed by atoms with Crippen LogP contribution in [0.4, 0.5) is 11.8 Å². The van der Waals surface area contributed by atoms with E-state index in [1.54, 1.807) is 0 Å². The molecule has 6 nitrogen and oxygen atoms in total. The molecule has 82 valence electrons. The van der Waals surface area contributed by atoms with Gasteiger partial charge < -0.3 is 15.7 Å². The van der Waals surface area contributed by atoms with Crippen LogP contribution in [0.15, 0.2) is 6.07 Å². The van der Waals surface area contributed by atoms with E-state index in [-0.39, 0.29) is 11.6 Å². The number of hydrogen-bond acceptors (Lipinski definition) is 5. The second kappa shape index (κ2) is 4.59. The van der Waals surface area contributed by atoms with Gasteiger partial charge in [-0.3, -0.25) is 0 Å². The first-order chi connectivity index (χ1) is 7.08. The highest BCUT2D eigenvalue weighted by Crippen LogP contribution is 2.13. The zero-order valence-electron chi connectivity index (χ0n) is 8.77. The van der Waals surface area contributed by atoms with Crippen LogP contribution in [0.1, 0.15) is 24.3 Å². The Hall–Kier alpha value is -1.85. The molecule has 6 heteroatoms. The van der Waals surface area contributed by atoms with Gasteiger partial charge in [-0.25, -0.2) is 9.78 Å². The molecule has 0 radical (unpaired) electrons. The first-order valence-electron chi connectivity index (χ1n) is 4.71. The molecule has 1 heterocycles. The van der Waals surface area contributed by atoms with Crippen molar-refractivity contribution in [2.45, 2.75) is 13.8 Å². The summed E-state index contributed by atoms with van der Waals surface area (Å²) in [5.74, 6) is -0.570. The first-order valence-corrected chi connectivity index (χ1v) is 4.71. The largest absolute Gasteiger partial charge is 0.477 e. The molecule has 0 spiro atoms. The number of hydrogen-bond donors (Lipinski definition) is 2. The minimum absolute atomic E-state index is 0.0169.